The van der Waals surface area contributed by atoms with Crippen LogP contribution >= 0.6 is 0 Å². The molecule has 3 aromatic carbocycles. The molecule has 1 atom stereocenters. The Morgan fingerprint density at radius 3 is 2.51 bits per heavy atom. The van der Waals surface area contributed by atoms with Gasteiger partial charge >= 0.3 is 0 Å². The number of nitrogens with zero attached hydrogens (tertiary/aromatic N) is 1. The Bertz CT molecular complexity index is 1350. The number of carbonyl (C=O) groups excluding carboxylic acids is 2. The van der Waals surface area contributed by atoms with Gasteiger partial charge in [0.2, 0.25) is 5.91 Å². The zero-order chi connectivity index (χ0) is 24.2. The first-order chi connectivity index (χ1) is 17.1. The third-order valence-corrected chi connectivity index (χ3v) is 6.35. The van der Waals surface area contributed by atoms with Gasteiger partial charge in [0.25, 0.3) is 5.91 Å². The van der Waals surface area contributed by atoms with Crippen molar-refractivity contribution in [3.8, 4) is 11.3 Å². The van der Waals surface area contributed by atoms with Gasteiger partial charge in [-0.25, -0.2) is 4.98 Å². The molecule has 0 fully saturated rings. The molecule has 5 N–H and O–H groups in total. The number of nitrogens with two attached hydrogens (primary N) is 1. The lowest BCUT2D eigenvalue weighted by Gasteiger charge is -2.20. The third kappa shape index (κ3) is 5.15. The van der Waals surface area contributed by atoms with Gasteiger partial charge in [0, 0.05) is 17.7 Å². The number of H-pyrrole nitrogens is 1. The molecule has 0 radical (unpaired) electrons. The number of benzene rings is 3. The Hall–Kier alpha value is -4.23. The van der Waals surface area contributed by atoms with Crippen LogP contribution < -0.4 is 16.4 Å². The molecule has 0 saturated carbocycles. The number of fused-ring (bicyclic) bond motifs is 1. The molecule has 7 heteroatoms. The minimum Gasteiger partial charge on any atom is -0.366 e. The normalized spacial score (nSPS) is 13.6. The van der Waals surface area contributed by atoms with Crippen LogP contribution in [0, 0.1) is 0 Å². The Kier molecular flexibility index (Phi) is 6.41. The summed E-state index contributed by atoms with van der Waals surface area (Å²) in [6, 6.07) is 22.6. The lowest BCUT2D eigenvalue weighted by atomic mass is 9.98. The number of hydrogen-bond donors (Lipinski definition) is 4. The van der Waals surface area contributed by atoms with E-state index in [2.05, 4.69) is 20.6 Å². The molecule has 5 rings (SSSR count). The monoisotopic (exact) mass is 465 g/mol. The van der Waals surface area contributed by atoms with Crippen LogP contribution in [0.5, 0.6) is 0 Å². The molecule has 176 valence electrons. The molecule has 7 nitrogen and oxygen atoms in total. The maximum absolute atomic E-state index is 13.3. The van der Waals surface area contributed by atoms with E-state index in [1.54, 1.807) is 18.3 Å². The minimum atomic E-state index is -0.467. The molecule has 2 heterocycles. The number of hydrogen-bond acceptors (Lipinski definition) is 4. The first-order valence-electron chi connectivity index (χ1n) is 11.7. The number of aromatic amines is 1. The van der Waals surface area contributed by atoms with Crippen molar-refractivity contribution >= 4 is 11.8 Å². The van der Waals surface area contributed by atoms with Crippen LogP contribution in [-0.2, 0) is 19.4 Å². The molecule has 0 bridgehead atoms. The Labute approximate surface area is 203 Å². The number of aromatic nitrogens is 2. The molecule has 0 spiro atoms. The van der Waals surface area contributed by atoms with Crippen molar-refractivity contribution in [3.05, 3.63) is 113 Å². The number of primary amides is 1. The molecule has 0 saturated heterocycles. The van der Waals surface area contributed by atoms with E-state index >= 15 is 0 Å². The van der Waals surface area contributed by atoms with Gasteiger partial charge in [0.05, 0.1) is 17.9 Å². The van der Waals surface area contributed by atoms with Crippen LogP contribution in [0.25, 0.3) is 11.3 Å². The highest BCUT2D eigenvalue weighted by atomic mass is 16.2. The zero-order valence-electron chi connectivity index (χ0n) is 19.3. The second-order valence-electron chi connectivity index (χ2n) is 8.75. The fraction of sp³-hybridized carbons (Fsp3) is 0.179. The van der Waals surface area contributed by atoms with E-state index in [-0.39, 0.29) is 11.9 Å². The molecule has 1 aliphatic heterocycles. The van der Waals surface area contributed by atoms with Crippen LogP contribution in [0.1, 0.15) is 49.3 Å². The fourth-order valence-corrected chi connectivity index (χ4v) is 4.40. The Balaban J connectivity index is 1.40. The highest BCUT2D eigenvalue weighted by molar-refractivity contribution is 5.95. The number of rotatable bonds is 7. The maximum Gasteiger partial charge on any atom is 0.251 e. The predicted molar refractivity (Wildman–Crippen MR) is 135 cm³/mol. The summed E-state index contributed by atoms with van der Waals surface area (Å²) in [5.41, 5.74) is 11.7. The fourth-order valence-electron chi connectivity index (χ4n) is 4.40. The smallest absolute Gasteiger partial charge is 0.251 e. The van der Waals surface area contributed by atoms with Crippen molar-refractivity contribution < 1.29 is 9.59 Å². The lowest BCUT2D eigenvalue weighted by molar-refractivity contribution is 0.0933. The lowest BCUT2D eigenvalue weighted by Crippen LogP contribution is -2.31. The van der Waals surface area contributed by atoms with E-state index in [1.165, 1.54) is 11.1 Å². The second kappa shape index (κ2) is 9.95. The summed E-state index contributed by atoms with van der Waals surface area (Å²) in [5, 5.41) is 6.54. The largest absolute Gasteiger partial charge is 0.366 e. The van der Waals surface area contributed by atoms with Crippen molar-refractivity contribution in [1.82, 2.24) is 20.6 Å². The van der Waals surface area contributed by atoms with Gasteiger partial charge < -0.3 is 21.4 Å². The Morgan fingerprint density at radius 2 is 1.74 bits per heavy atom. The van der Waals surface area contributed by atoms with Crippen molar-refractivity contribution in [2.24, 2.45) is 5.73 Å². The molecule has 4 aromatic rings. The van der Waals surface area contributed by atoms with Crippen molar-refractivity contribution in [2.75, 3.05) is 6.54 Å². The quantitative estimate of drug-likeness (QED) is 0.334. The van der Waals surface area contributed by atoms with Crippen LogP contribution in [0.15, 0.2) is 79.0 Å². The van der Waals surface area contributed by atoms with Crippen molar-refractivity contribution in [1.29, 1.82) is 0 Å². The summed E-state index contributed by atoms with van der Waals surface area (Å²) in [4.78, 5) is 32.6. The van der Waals surface area contributed by atoms with E-state index in [1.807, 2.05) is 60.7 Å². The number of nitrogens with one attached hydrogen (secondary N) is 3. The van der Waals surface area contributed by atoms with Gasteiger partial charge in [-0.15, -0.1) is 0 Å². The second-order valence-corrected chi connectivity index (χ2v) is 8.75. The summed E-state index contributed by atoms with van der Waals surface area (Å²) in [6.45, 7) is 1.76. The standard InChI is InChI=1S/C28H27N5O2/c29-26(34)20-8-6-19(7-9-20)25-17-31-27(32-25)24(14-18-4-2-1-3-5-18)33-28(35)22-10-11-23-16-30-13-12-21(23)15-22/h1-11,15,17,24,30H,12-14,16H2,(H2,29,34)(H,31,32)(H,33,35)/t24-/m0/s1. The van der Waals surface area contributed by atoms with Gasteiger partial charge in [0.1, 0.15) is 5.82 Å². The highest BCUT2D eigenvalue weighted by Crippen LogP contribution is 2.23. The number of imidazole rings is 1. The van der Waals surface area contributed by atoms with Crippen molar-refractivity contribution in [2.45, 2.75) is 25.4 Å². The molecular weight excluding hydrogens is 438 g/mol. The summed E-state index contributed by atoms with van der Waals surface area (Å²) >= 11 is 0. The maximum atomic E-state index is 13.3. The average Bonchev–Trinajstić information content (AvgIpc) is 3.39. The summed E-state index contributed by atoms with van der Waals surface area (Å²) in [7, 11) is 0. The number of amides is 2. The van der Waals surface area contributed by atoms with Crippen molar-refractivity contribution in [3.63, 3.8) is 0 Å². The van der Waals surface area contributed by atoms with Gasteiger partial charge in [-0.2, -0.15) is 0 Å². The van der Waals surface area contributed by atoms with E-state index in [4.69, 9.17) is 5.73 Å². The SMILES string of the molecule is NC(=O)c1ccc(-c2cnc([C@H](Cc3ccccc3)NC(=O)c3ccc4c(c3)CCNC4)[nH]2)cc1. The minimum absolute atomic E-state index is 0.129. The van der Waals surface area contributed by atoms with E-state index in [9.17, 15) is 9.59 Å². The average molecular weight is 466 g/mol. The van der Waals surface area contributed by atoms with Crippen LogP contribution in [0.3, 0.4) is 0 Å². The molecule has 2 amide bonds. The number of carbonyl (C=O) groups is 2. The van der Waals surface area contributed by atoms with Gasteiger partial charge in [-0.1, -0.05) is 48.5 Å². The summed E-state index contributed by atoms with van der Waals surface area (Å²) in [6.07, 6.45) is 3.25. The molecule has 0 unspecified atom stereocenters. The molecule has 35 heavy (non-hydrogen) atoms. The third-order valence-electron chi connectivity index (χ3n) is 6.35. The predicted octanol–water partition coefficient (Wildman–Crippen LogP) is 3.54. The topological polar surface area (TPSA) is 113 Å². The first kappa shape index (κ1) is 22.6. The van der Waals surface area contributed by atoms with Crippen LogP contribution in [0.4, 0.5) is 0 Å². The van der Waals surface area contributed by atoms with Crippen LogP contribution in [-0.4, -0.2) is 28.3 Å². The highest BCUT2D eigenvalue weighted by Gasteiger charge is 2.21. The first-order valence-corrected chi connectivity index (χ1v) is 11.7. The van der Waals surface area contributed by atoms with E-state index < -0.39 is 5.91 Å². The Morgan fingerprint density at radius 1 is 0.971 bits per heavy atom. The zero-order valence-corrected chi connectivity index (χ0v) is 19.3. The van der Waals surface area contributed by atoms with Crippen LogP contribution in [0.2, 0.25) is 0 Å². The summed E-state index contributed by atoms with van der Waals surface area (Å²) in [5.74, 6) is 0.0697. The summed E-state index contributed by atoms with van der Waals surface area (Å²) < 4.78 is 0. The molecule has 1 aromatic heterocycles. The van der Waals surface area contributed by atoms with E-state index in [0.717, 1.165) is 36.3 Å². The van der Waals surface area contributed by atoms with E-state index in [0.29, 0.717) is 23.4 Å². The van der Waals surface area contributed by atoms with Gasteiger partial charge in [-0.3, -0.25) is 9.59 Å². The van der Waals surface area contributed by atoms with Gasteiger partial charge in [0.15, 0.2) is 0 Å². The molecule has 1 aliphatic rings. The molecule has 0 aliphatic carbocycles. The van der Waals surface area contributed by atoms with Gasteiger partial charge in [-0.05, 0) is 65.9 Å². The molecular formula is C28H27N5O2.